The number of para-hydroxylation sites is 1. The molecule has 2 rings (SSSR count). The fourth-order valence-corrected chi connectivity index (χ4v) is 2.39. The summed E-state index contributed by atoms with van der Waals surface area (Å²) in [5, 5.41) is 17.7. The number of aliphatic hydroxyl groups is 1. The topological polar surface area (TPSA) is 90.5 Å². The average molecular weight is 291 g/mol. The van der Waals surface area contributed by atoms with E-state index in [1.54, 1.807) is 12.1 Å². The zero-order valence-corrected chi connectivity index (χ0v) is 11.8. The Morgan fingerprint density at radius 2 is 1.86 bits per heavy atom. The maximum atomic E-state index is 11.7. The molecule has 1 fully saturated rings. The molecule has 114 valence electrons. The lowest BCUT2D eigenvalue weighted by Gasteiger charge is -2.28. The summed E-state index contributed by atoms with van der Waals surface area (Å²) in [6, 6.07) is 8.37. The summed E-state index contributed by atoms with van der Waals surface area (Å²) in [5.74, 6) is -0.288. The largest absolute Gasteiger partial charge is 0.391 e. The second kappa shape index (κ2) is 7.64. The van der Waals surface area contributed by atoms with Crippen molar-refractivity contribution >= 4 is 17.6 Å². The number of anilines is 1. The summed E-state index contributed by atoms with van der Waals surface area (Å²) >= 11 is 0. The maximum Gasteiger partial charge on any atom is 0.319 e. The molecule has 3 amide bonds. The number of hydrogen-bond donors (Lipinski definition) is 4. The predicted molar refractivity (Wildman–Crippen MR) is 79.9 cm³/mol. The fraction of sp³-hybridized carbons (Fsp3) is 0.467. The number of carbonyl (C=O) groups is 2. The van der Waals surface area contributed by atoms with Crippen molar-refractivity contribution in [2.45, 2.75) is 37.8 Å². The highest BCUT2D eigenvalue weighted by atomic mass is 16.3. The van der Waals surface area contributed by atoms with E-state index in [0.717, 1.165) is 19.3 Å². The van der Waals surface area contributed by atoms with E-state index in [2.05, 4.69) is 16.0 Å². The van der Waals surface area contributed by atoms with Gasteiger partial charge in [0.25, 0.3) is 0 Å². The molecule has 6 nitrogen and oxygen atoms in total. The molecule has 1 aliphatic carbocycles. The molecule has 0 bridgehead atoms. The summed E-state index contributed by atoms with van der Waals surface area (Å²) in [6.45, 7) is -0.109. The Morgan fingerprint density at radius 3 is 2.57 bits per heavy atom. The average Bonchev–Trinajstić information content (AvgIpc) is 2.49. The zero-order chi connectivity index (χ0) is 15.1. The van der Waals surface area contributed by atoms with Gasteiger partial charge in [0.15, 0.2) is 0 Å². The summed E-state index contributed by atoms with van der Waals surface area (Å²) in [5.41, 5.74) is 0.665. The molecule has 0 spiro atoms. The number of hydrogen-bond acceptors (Lipinski definition) is 3. The van der Waals surface area contributed by atoms with Crippen LogP contribution < -0.4 is 16.0 Å². The van der Waals surface area contributed by atoms with Gasteiger partial charge in [0.05, 0.1) is 18.7 Å². The monoisotopic (exact) mass is 291 g/mol. The first-order valence-electron chi connectivity index (χ1n) is 7.22. The van der Waals surface area contributed by atoms with Crippen LogP contribution in [0.15, 0.2) is 30.3 Å². The van der Waals surface area contributed by atoms with Crippen molar-refractivity contribution in [1.82, 2.24) is 10.6 Å². The van der Waals surface area contributed by atoms with Crippen molar-refractivity contribution in [2.75, 3.05) is 11.9 Å². The molecule has 1 saturated carbocycles. The van der Waals surface area contributed by atoms with Crippen molar-refractivity contribution in [3.8, 4) is 0 Å². The van der Waals surface area contributed by atoms with Gasteiger partial charge in [-0.25, -0.2) is 4.79 Å². The molecule has 0 aliphatic heterocycles. The number of urea groups is 1. The minimum Gasteiger partial charge on any atom is -0.391 e. The van der Waals surface area contributed by atoms with E-state index < -0.39 is 12.1 Å². The van der Waals surface area contributed by atoms with Crippen LogP contribution in [-0.4, -0.2) is 35.7 Å². The van der Waals surface area contributed by atoms with E-state index >= 15 is 0 Å². The van der Waals surface area contributed by atoms with Gasteiger partial charge in [-0.3, -0.25) is 4.79 Å². The molecular weight excluding hydrogens is 270 g/mol. The lowest BCUT2D eigenvalue weighted by molar-refractivity contribution is -0.122. The zero-order valence-electron chi connectivity index (χ0n) is 11.8. The normalized spacial score (nSPS) is 21.4. The molecule has 21 heavy (non-hydrogen) atoms. The third kappa shape index (κ3) is 5.07. The van der Waals surface area contributed by atoms with Gasteiger partial charge < -0.3 is 21.1 Å². The van der Waals surface area contributed by atoms with Crippen LogP contribution in [0.1, 0.15) is 25.7 Å². The Balaban J connectivity index is 1.69. The van der Waals surface area contributed by atoms with Crippen LogP contribution in [0.25, 0.3) is 0 Å². The molecule has 1 aliphatic rings. The molecule has 2 atom stereocenters. The summed E-state index contributed by atoms with van der Waals surface area (Å²) in [7, 11) is 0. The van der Waals surface area contributed by atoms with Crippen LogP contribution in [0.5, 0.6) is 0 Å². The first-order chi connectivity index (χ1) is 10.1. The van der Waals surface area contributed by atoms with E-state index in [1.165, 1.54) is 0 Å². The van der Waals surface area contributed by atoms with Gasteiger partial charge in [-0.15, -0.1) is 0 Å². The van der Waals surface area contributed by atoms with Crippen LogP contribution in [0, 0.1) is 0 Å². The molecule has 0 unspecified atom stereocenters. The molecule has 0 saturated heterocycles. The van der Waals surface area contributed by atoms with Crippen LogP contribution in [0.2, 0.25) is 0 Å². The van der Waals surface area contributed by atoms with Gasteiger partial charge in [-0.2, -0.15) is 0 Å². The lowest BCUT2D eigenvalue weighted by Crippen LogP contribution is -2.48. The first kappa shape index (κ1) is 15.3. The van der Waals surface area contributed by atoms with Crippen molar-refractivity contribution < 1.29 is 14.7 Å². The maximum absolute atomic E-state index is 11.7. The van der Waals surface area contributed by atoms with Gasteiger partial charge in [0.1, 0.15) is 0 Å². The Morgan fingerprint density at radius 1 is 1.14 bits per heavy atom. The highest BCUT2D eigenvalue weighted by Gasteiger charge is 2.24. The van der Waals surface area contributed by atoms with E-state index in [9.17, 15) is 14.7 Å². The van der Waals surface area contributed by atoms with E-state index in [-0.39, 0.29) is 18.5 Å². The number of rotatable bonds is 4. The minimum atomic E-state index is -0.485. The Kier molecular flexibility index (Phi) is 5.57. The fourth-order valence-electron chi connectivity index (χ4n) is 2.39. The van der Waals surface area contributed by atoms with Gasteiger partial charge in [0.2, 0.25) is 5.91 Å². The highest BCUT2D eigenvalue weighted by Crippen LogP contribution is 2.18. The number of benzene rings is 1. The van der Waals surface area contributed by atoms with E-state index in [4.69, 9.17) is 0 Å². The minimum absolute atomic E-state index is 0.109. The van der Waals surface area contributed by atoms with Crippen LogP contribution >= 0.6 is 0 Å². The smallest absolute Gasteiger partial charge is 0.319 e. The third-order valence-corrected chi connectivity index (χ3v) is 3.52. The molecule has 1 aromatic carbocycles. The summed E-state index contributed by atoms with van der Waals surface area (Å²) in [6.07, 6.45) is 3.01. The SMILES string of the molecule is O=C(CNC(=O)Nc1ccccc1)N[C@@H]1CCCC[C@H]1O. The number of nitrogens with one attached hydrogen (secondary N) is 3. The molecule has 0 radical (unpaired) electrons. The third-order valence-electron chi connectivity index (χ3n) is 3.52. The quantitative estimate of drug-likeness (QED) is 0.672. The van der Waals surface area contributed by atoms with Crippen LogP contribution in [-0.2, 0) is 4.79 Å². The second-order valence-corrected chi connectivity index (χ2v) is 5.20. The van der Waals surface area contributed by atoms with Crippen molar-refractivity contribution in [3.63, 3.8) is 0 Å². The Labute approximate surface area is 123 Å². The van der Waals surface area contributed by atoms with Gasteiger partial charge in [-0.05, 0) is 25.0 Å². The second-order valence-electron chi connectivity index (χ2n) is 5.20. The molecule has 0 aromatic heterocycles. The van der Waals surface area contributed by atoms with Gasteiger partial charge in [0, 0.05) is 5.69 Å². The molecule has 4 N–H and O–H groups in total. The number of amides is 3. The Bertz CT molecular complexity index is 478. The van der Waals surface area contributed by atoms with Crippen molar-refractivity contribution in [3.05, 3.63) is 30.3 Å². The van der Waals surface area contributed by atoms with E-state index in [0.29, 0.717) is 12.1 Å². The molecular formula is C15H21N3O3. The van der Waals surface area contributed by atoms with Crippen LogP contribution in [0.4, 0.5) is 10.5 Å². The summed E-state index contributed by atoms with van der Waals surface area (Å²) in [4.78, 5) is 23.4. The first-order valence-corrected chi connectivity index (χ1v) is 7.22. The van der Waals surface area contributed by atoms with Gasteiger partial charge >= 0.3 is 6.03 Å². The Hall–Kier alpha value is -2.08. The number of carbonyl (C=O) groups excluding carboxylic acids is 2. The van der Waals surface area contributed by atoms with Gasteiger partial charge in [-0.1, -0.05) is 31.0 Å². The summed E-state index contributed by atoms with van der Waals surface area (Å²) < 4.78 is 0. The van der Waals surface area contributed by atoms with Crippen molar-refractivity contribution in [2.24, 2.45) is 0 Å². The van der Waals surface area contributed by atoms with E-state index in [1.807, 2.05) is 18.2 Å². The lowest BCUT2D eigenvalue weighted by atomic mass is 9.92. The highest BCUT2D eigenvalue weighted by molar-refractivity contribution is 5.92. The molecule has 1 aromatic rings. The molecule has 6 heteroatoms. The van der Waals surface area contributed by atoms with Crippen LogP contribution in [0.3, 0.4) is 0 Å². The molecule has 0 heterocycles. The van der Waals surface area contributed by atoms with Crippen molar-refractivity contribution in [1.29, 1.82) is 0 Å². The predicted octanol–water partition coefficient (Wildman–Crippen LogP) is 1.23. The number of aliphatic hydroxyl groups excluding tert-OH is 1. The standard InChI is InChI=1S/C15H21N3O3/c19-13-9-5-4-8-12(13)18-14(20)10-16-15(21)17-11-6-2-1-3-7-11/h1-3,6-7,12-13,19H,4-5,8-10H2,(H,18,20)(H2,16,17,21)/t12-,13-/m1/s1.